The first kappa shape index (κ1) is 16.8. The maximum atomic E-state index is 5.34. The zero-order chi connectivity index (χ0) is 16.0. The molecule has 0 atom stereocenters. The first-order valence-corrected chi connectivity index (χ1v) is 8.50. The van der Waals surface area contributed by atoms with Gasteiger partial charge in [-0.1, -0.05) is 38.8 Å². The average molecular weight is 306 g/mol. The molecule has 22 heavy (non-hydrogen) atoms. The molecule has 0 bridgehead atoms. The Labute approximate surface area is 133 Å². The molecule has 2 rings (SSSR count). The maximum absolute atomic E-state index is 5.34. The third-order valence-corrected chi connectivity index (χ3v) is 4.40. The molecule has 0 radical (unpaired) electrons. The van der Waals surface area contributed by atoms with Gasteiger partial charge in [-0.15, -0.1) is 0 Å². The fourth-order valence-electron chi connectivity index (χ4n) is 2.88. The summed E-state index contributed by atoms with van der Waals surface area (Å²) in [6.07, 6.45) is 5.31. The number of aliphatic imine (C=N–C) groups is 1. The monoisotopic (exact) mass is 306 g/mol. The summed E-state index contributed by atoms with van der Waals surface area (Å²) in [4.78, 5) is 4.61. The van der Waals surface area contributed by atoms with E-state index in [0.29, 0.717) is 17.9 Å². The van der Waals surface area contributed by atoms with Crippen molar-refractivity contribution in [2.75, 3.05) is 13.1 Å². The second-order valence-corrected chi connectivity index (χ2v) is 6.94. The Morgan fingerprint density at radius 1 is 1.36 bits per heavy atom. The van der Waals surface area contributed by atoms with Gasteiger partial charge in [-0.05, 0) is 31.1 Å². The zero-order valence-electron chi connectivity index (χ0n) is 14.4. The molecule has 1 aromatic heterocycles. The molecule has 1 aliphatic carbocycles. The largest absolute Gasteiger partial charge is 0.359 e. The van der Waals surface area contributed by atoms with Crippen LogP contribution in [0, 0.1) is 5.41 Å². The van der Waals surface area contributed by atoms with Gasteiger partial charge in [0.05, 0.1) is 5.69 Å². The van der Waals surface area contributed by atoms with Crippen LogP contribution in [0.5, 0.6) is 0 Å². The van der Waals surface area contributed by atoms with E-state index in [2.05, 4.69) is 48.5 Å². The molecule has 0 saturated heterocycles. The number of hydrogen-bond donors (Lipinski definition) is 2. The van der Waals surface area contributed by atoms with E-state index in [1.165, 1.54) is 25.7 Å². The molecule has 0 aromatic carbocycles. The Bertz CT molecular complexity index is 487. The molecule has 0 unspecified atom stereocenters. The summed E-state index contributed by atoms with van der Waals surface area (Å²) in [6.45, 7) is 11.0. The summed E-state index contributed by atoms with van der Waals surface area (Å²) in [6, 6.07) is 2.00. The quantitative estimate of drug-likeness (QED) is 0.624. The van der Waals surface area contributed by atoms with Crippen LogP contribution in [-0.4, -0.2) is 24.2 Å². The van der Waals surface area contributed by atoms with Gasteiger partial charge in [-0.25, -0.2) is 4.99 Å². The fourth-order valence-corrected chi connectivity index (χ4v) is 2.88. The highest BCUT2D eigenvalue weighted by molar-refractivity contribution is 5.79. The molecule has 1 fully saturated rings. The Kier molecular flexibility index (Phi) is 5.86. The van der Waals surface area contributed by atoms with Gasteiger partial charge in [0.1, 0.15) is 6.54 Å². The third-order valence-electron chi connectivity index (χ3n) is 4.40. The van der Waals surface area contributed by atoms with Crippen molar-refractivity contribution in [3.05, 3.63) is 17.5 Å². The molecule has 0 spiro atoms. The number of aromatic nitrogens is 1. The van der Waals surface area contributed by atoms with E-state index in [1.54, 1.807) is 0 Å². The smallest absolute Gasteiger partial charge is 0.191 e. The highest BCUT2D eigenvalue weighted by Crippen LogP contribution is 2.36. The lowest BCUT2D eigenvalue weighted by atomic mass is 9.89. The molecular weight excluding hydrogens is 276 g/mol. The summed E-state index contributed by atoms with van der Waals surface area (Å²) >= 11 is 0. The minimum Gasteiger partial charge on any atom is -0.359 e. The van der Waals surface area contributed by atoms with Crippen LogP contribution in [0.25, 0.3) is 0 Å². The summed E-state index contributed by atoms with van der Waals surface area (Å²) in [5.41, 5.74) is 1.40. The van der Waals surface area contributed by atoms with Crippen LogP contribution in [0.4, 0.5) is 0 Å². The number of nitrogens with one attached hydrogen (secondary N) is 2. The standard InChI is InChI=1S/C17H30N4O/c1-5-18-16(20-12-17(4)8-6-7-9-17)19-11-14-10-15(13(2)3)21-22-14/h10,13H,5-9,11-12H2,1-4H3,(H2,18,19,20). The topological polar surface area (TPSA) is 62.5 Å². The molecule has 5 heteroatoms. The summed E-state index contributed by atoms with van der Waals surface area (Å²) in [7, 11) is 0. The van der Waals surface area contributed by atoms with Crippen molar-refractivity contribution in [3.8, 4) is 0 Å². The second-order valence-electron chi connectivity index (χ2n) is 6.94. The van der Waals surface area contributed by atoms with E-state index >= 15 is 0 Å². The highest BCUT2D eigenvalue weighted by atomic mass is 16.5. The second kappa shape index (κ2) is 7.65. The normalized spacial score (nSPS) is 18.0. The van der Waals surface area contributed by atoms with Crippen LogP contribution in [0.3, 0.4) is 0 Å². The molecule has 0 amide bonds. The summed E-state index contributed by atoms with van der Waals surface area (Å²) in [5.74, 6) is 2.06. The zero-order valence-corrected chi connectivity index (χ0v) is 14.4. The van der Waals surface area contributed by atoms with Gasteiger partial charge in [0.2, 0.25) is 0 Å². The van der Waals surface area contributed by atoms with Crippen molar-refractivity contribution in [1.29, 1.82) is 0 Å². The van der Waals surface area contributed by atoms with Crippen LogP contribution >= 0.6 is 0 Å². The summed E-state index contributed by atoms with van der Waals surface area (Å²) in [5, 5.41) is 10.9. The first-order chi connectivity index (χ1) is 10.5. The lowest BCUT2D eigenvalue weighted by molar-refractivity contribution is 0.333. The lowest BCUT2D eigenvalue weighted by Crippen LogP contribution is -2.42. The van der Waals surface area contributed by atoms with Gasteiger partial charge < -0.3 is 15.2 Å². The molecule has 1 aromatic rings. The minimum absolute atomic E-state index is 0.384. The van der Waals surface area contributed by atoms with Crippen LogP contribution < -0.4 is 10.6 Å². The van der Waals surface area contributed by atoms with E-state index in [9.17, 15) is 0 Å². The van der Waals surface area contributed by atoms with Crippen LogP contribution in [0.15, 0.2) is 15.6 Å². The summed E-state index contributed by atoms with van der Waals surface area (Å²) < 4.78 is 5.34. The van der Waals surface area contributed by atoms with Gasteiger partial charge in [0.15, 0.2) is 11.7 Å². The Hall–Kier alpha value is -1.52. The molecular formula is C17H30N4O. The van der Waals surface area contributed by atoms with Crippen molar-refractivity contribution in [3.63, 3.8) is 0 Å². The third kappa shape index (κ3) is 4.75. The predicted molar refractivity (Wildman–Crippen MR) is 90.0 cm³/mol. The van der Waals surface area contributed by atoms with Crippen molar-refractivity contribution >= 4 is 5.96 Å². The Balaban J connectivity index is 1.91. The van der Waals surface area contributed by atoms with Crippen LogP contribution in [-0.2, 0) is 6.54 Å². The Morgan fingerprint density at radius 3 is 2.68 bits per heavy atom. The predicted octanol–water partition coefficient (Wildman–Crippen LogP) is 3.43. The molecule has 1 heterocycles. The van der Waals surface area contributed by atoms with E-state index in [0.717, 1.165) is 30.5 Å². The van der Waals surface area contributed by atoms with Crippen LogP contribution in [0.1, 0.15) is 70.8 Å². The lowest BCUT2D eigenvalue weighted by Gasteiger charge is -2.25. The van der Waals surface area contributed by atoms with Gasteiger partial charge in [-0.2, -0.15) is 0 Å². The van der Waals surface area contributed by atoms with Gasteiger partial charge in [-0.3, -0.25) is 0 Å². The van der Waals surface area contributed by atoms with Crippen molar-refractivity contribution in [1.82, 2.24) is 15.8 Å². The molecule has 2 N–H and O–H groups in total. The van der Waals surface area contributed by atoms with E-state index < -0.39 is 0 Å². The number of nitrogens with zero attached hydrogens (tertiary/aromatic N) is 2. The van der Waals surface area contributed by atoms with E-state index in [4.69, 9.17) is 4.52 Å². The molecule has 124 valence electrons. The Morgan fingerprint density at radius 2 is 2.09 bits per heavy atom. The number of rotatable bonds is 6. The van der Waals surface area contributed by atoms with Crippen molar-refractivity contribution in [2.45, 2.75) is 65.8 Å². The fraction of sp³-hybridized carbons (Fsp3) is 0.765. The van der Waals surface area contributed by atoms with E-state index in [-0.39, 0.29) is 0 Å². The molecule has 1 aliphatic rings. The minimum atomic E-state index is 0.384. The van der Waals surface area contributed by atoms with Gasteiger partial charge >= 0.3 is 0 Å². The number of hydrogen-bond acceptors (Lipinski definition) is 3. The van der Waals surface area contributed by atoms with Crippen molar-refractivity contribution in [2.24, 2.45) is 10.4 Å². The number of guanidine groups is 1. The SMILES string of the molecule is CCNC(=NCc1cc(C(C)C)no1)NCC1(C)CCCC1. The maximum Gasteiger partial charge on any atom is 0.191 e. The molecule has 0 aliphatic heterocycles. The molecule has 5 nitrogen and oxygen atoms in total. The van der Waals surface area contributed by atoms with Crippen molar-refractivity contribution < 1.29 is 4.52 Å². The molecule has 1 saturated carbocycles. The average Bonchev–Trinajstić information content (AvgIpc) is 3.11. The van der Waals surface area contributed by atoms with Crippen LogP contribution in [0.2, 0.25) is 0 Å². The van der Waals surface area contributed by atoms with Gasteiger partial charge in [0.25, 0.3) is 0 Å². The van der Waals surface area contributed by atoms with E-state index in [1.807, 2.05) is 6.07 Å². The van der Waals surface area contributed by atoms with Gasteiger partial charge in [0, 0.05) is 19.2 Å². The first-order valence-electron chi connectivity index (χ1n) is 8.50. The highest BCUT2D eigenvalue weighted by Gasteiger charge is 2.28.